The highest BCUT2D eigenvalue weighted by Crippen LogP contribution is 2.20. The van der Waals surface area contributed by atoms with Gasteiger partial charge in [0.25, 0.3) is 0 Å². The standard InChI is InChI=1S/C13H18N2O3/c1-9(8-12(16)17)10-4-6-11(7-5-10)14-13(18)15(2)3/h4-7,9H,8H2,1-3H3,(H,14,18)(H,16,17). The van der Waals surface area contributed by atoms with Gasteiger partial charge in [0.1, 0.15) is 0 Å². The van der Waals surface area contributed by atoms with Crippen LogP contribution in [0.2, 0.25) is 0 Å². The molecule has 5 heteroatoms. The topological polar surface area (TPSA) is 69.6 Å². The van der Waals surface area contributed by atoms with Crippen LogP contribution in [0, 0.1) is 0 Å². The first-order valence-corrected chi connectivity index (χ1v) is 5.70. The third-order valence-electron chi connectivity index (χ3n) is 2.62. The summed E-state index contributed by atoms with van der Waals surface area (Å²) in [7, 11) is 3.33. The summed E-state index contributed by atoms with van der Waals surface area (Å²) in [5.74, 6) is -0.853. The van der Waals surface area contributed by atoms with Gasteiger partial charge in [0.2, 0.25) is 0 Å². The van der Waals surface area contributed by atoms with Crippen LogP contribution in [-0.4, -0.2) is 36.1 Å². The van der Waals surface area contributed by atoms with Crippen molar-refractivity contribution in [1.29, 1.82) is 0 Å². The number of carbonyl (C=O) groups is 2. The molecule has 0 radical (unpaired) electrons. The van der Waals surface area contributed by atoms with Crippen LogP contribution < -0.4 is 5.32 Å². The van der Waals surface area contributed by atoms with Gasteiger partial charge >= 0.3 is 12.0 Å². The molecule has 0 aliphatic carbocycles. The van der Waals surface area contributed by atoms with Gasteiger partial charge in [-0.1, -0.05) is 19.1 Å². The number of carbonyl (C=O) groups excluding carboxylic acids is 1. The van der Waals surface area contributed by atoms with E-state index in [1.165, 1.54) is 4.90 Å². The second-order valence-electron chi connectivity index (χ2n) is 4.45. The second kappa shape index (κ2) is 6.05. The van der Waals surface area contributed by atoms with E-state index in [1.54, 1.807) is 26.2 Å². The second-order valence-corrected chi connectivity index (χ2v) is 4.45. The van der Waals surface area contributed by atoms with Crippen molar-refractivity contribution in [2.75, 3.05) is 19.4 Å². The molecule has 98 valence electrons. The molecule has 0 saturated heterocycles. The maximum absolute atomic E-state index is 11.4. The van der Waals surface area contributed by atoms with Crippen LogP contribution in [0.4, 0.5) is 10.5 Å². The molecule has 18 heavy (non-hydrogen) atoms. The highest BCUT2D eigenvalue weighted by molar-refractivity contribution is 5.88. The van der Waals surface area contributed by atoms with Gasteiger partial charge in [-0.15, -0.1) is 0 Å². The Morgan fingerprint density at radius 3 is 2.28 bits per heavy atom. The molecule has 0 aliphatic heterocycles. The molecule has 0 aliphatic rings. The number of hydrogen-bond donors (Lipinski definition) is 2. The van der Waals surface area contributed by atoms with Crippen molar-refractivity contribution >= 4 is 17.7 Å². The number of nitrogens with zero attached hydrogens (tertiary/aromatic N) is 1. The van der Waals surface area contributed by atoms with Crippen LogP contribution in [0.3, 0.4) is 0 Å². The van der Waals surface area contributed by atoms with E-state index in [4.69, 9.17) is 5.11 Å². The molecule has 0 heterocycles. The Hall–Kier alpha value is -2.04. The zero-order valence-corrected chi connectivity index (χ0v) is 10.8. The molecule has 1 aromatic rings. The van der Waals surface area contributed by atoms with Crippen LogP contribution >= 0.6 is 0 Å². The predicted octanol–water partition coefficient (Wildman–Crippen LogP) is 2.36. The number of hydrogen-bond acceptors (Lipinski definition) is 2. The highest BCUT2D eigenvalue weighted by atomic mass is 16.4. The molecule has 1 unspecified atom stereocenters. The van der Waals surface area contributed by atoms with Crippen LogP contribution in [0.5, 0.6) is 0 Å². The fourth-order valence-electron chi connectivity index (χ4n) is 1.51. The van der Waals surface area contributed by atoms with Crippen molar-refractivity contribution in [3.63, 3.8) is 0 Å². The van der Waals surface area contributed by atoms with Gasteiger partial charge in [-0.3, -0.25) is 4.79 Å². The van der Waals surface area contributed by atoms with Crippen molar-refractivity contribution in [2.24, 2.45) is 0 Å². The van der Waals surface area contributed by atoms with E-state index in [2.05, 4.69) is 5.32 Å². The van der Waals surface area contributed by atoms with Gasteiger partial charge in [-0.25, -0.2) is 4.79 Å². The van der Waals surface area contributed by atoms with Crippen molar-refractivity contribution in [2.45, 2.75) is 19.3 Å². The number of aliphatic carboxylic acids is 1. The van der Waals surface area contributed by atoms with E-state index in [0.29, 0.717) is 5.69 Å². The summed E-state index contributed by atoms with van der Waals surface area (Å²) in [5.41, 5.74) is 1.64. The Morgan fingerprint density at radius 1 is 1.28 bits per heavy atom. The van der Waals surface area contributed by atoms with E-state index in [0.717, 1.165) is 5.56 Å². The Bertz CT molecular complexity index is 426. The predicted molar refractivity (Wildman–Crippen MR) is 69.8 cm³/mol. The first-order valence-electron chi connectivity index (χ1n) is 5.70. The lowest BCUT2D eigenvalue weighted by atomic mass is 9.98. The molecule has 0 saturated carbocycles. The third kappa shape index (κ3) is 4.08. The average Bonchev–Trinajstić information content (AvgIpc) is 2.28. The summed E-state index contributed by atoms with van der Waals surface area (Å²) >= 11 is 0. The maximum Gasteiger partial charge on any atom is 0.321 e. The fraction of sp³-hybridized carbons (Fsp3) is 0.385. The number of carboxylic acid groups (broad SMARTS) is 1. The minimum Gasteiger partial charge on any atom is -0.481 e. The average molecular weight is 250 g/mol. The van der Waals surface area contributed by atoms with Gasteiger partial charge in [0.15, 0.2) is 0 Å². The van der Waals surface area contributed by atoms with Crippen molar-refractivity contribution < 1.29 is 14.7 Å². The van der Waals surface area contributed by atoms with Crippen LogP contribution in [0.15, 0.2) is 24.3 Å². The van der Waals surface area contributed by atoms with Crippen LogP contribution in [0.1, 0.15) is 24.8 Å². The molecule has 2 amide bonds. The van der Waals surface area contributed by atoms with Gasteiger partial charge in [-0.05, 0) is 23.6 Å². The van der Waals surface area contributed by atoms with Gasteiger partial charge in [0.05, 0.1) is 6.42 Å². The lowest BCUT2D eigenvalue weighted by molar-refractivity contribution is -0.137. The number of anilines is 1. The number of urea groups is 1. The van der Waals surface area contributed by atoms with Crippen molar-refractivity contribution in [3.8, 4) is 0 Å². The summed E-state index contributed by atoms with van der Waals surface area (Å²) in [6.45, 7) is 1.86. The summed E-state index contributed by atoms with van der Waals surface area (Å²) in [6.07, 6.45) is 0.101. The minimum absolute atomic E-state index is 0.0406. The Kier molecular flexibility index (Phi) is 4.71. The molecular weight excluding hydrogens is 232 g/mol. The normalized spacial score (nSPS) is 11.7. The minimum atomic E-state index is -0.813. The summed E-state index contributed by atoms with van der Waals surface area (Å²) in [6, 6.07) is 7.02. The van der Waals surface area contributed by atoms with Gasteiger partial charge in [0, 0.05) is 19.8 Å². The summed E-state index contributed by atoms with van der Waals surface area (Å²) in [4.78, 5) is 23.5. The molecule has 0 bridgehead atoms. The molecule has 0 aromatic heterocycles. The monoisotopic (exact) mass is 250 g/mol. The van der Waals surface area contributed by atoms with E-state index in [9.17, 15) is 9.59 Å². The zero-order valence-electron chi connectivity index (χ0n) is 10.8. The number of amides is 2. The molecule has 2 N–H and O–H groups in total. The molecule has 1 atom stereocenters. The first kappa shape index (κ1) is 14.0. The highest BCUT2D eigenvalue weighted by Gasteiger charge is 2.10. The third-order valence-corrected chi connectivity index (χ3v) is 2.62. The number of nitrogens with one attached hydrogen (secondary N) is 1. The van der Waals surface area contributed by atoms with E-state index in [-0.39, 0.29) is 18.4 Å². The number of benzene rings is 1. The first-order chi connectivity index (χ1) is 8.40. The fourth-order valence-corrected chi connectivity index (χ4v) is 1.51. The van der Waals surface area contributed by atoms with E-state index < -0.39 is 5.97 Å². The Balaban J connectivity index is 2.68. The molecule has 5 nitrogen and oxygen atoms in total. The molecular formula is C13H18N2O3. The molecule has 1 aromatic carbocycles. The van der Waals surface area contributed by atoms with Gasteiger partial charge < -0.3 is 15.3 Å². The molecule has 0 spiro atoms. The smallest absolute Gasteiger partial charge is 0.321 e. The lowest BCUT2D eigenvalue weighted by Gasteiger charge is -2.13. The summed E-state index contributed by atoms with van der Waals surface area (Å²) in [5, 5.41) is 11.4. The Labute approximate surface area is 106 Å². The van der Waals surface area contributed by atoms with Gasteiger partial charge in [-0.2, -0.15) is 0 Å². The Morgan fingerprint density at radius 2 is 1.83 bits per heavy atom. The van der Waals surface area contributed by atoms with Crippen molar-refractivity contribution in [1.82, 2.24) is 4.90 Å². The SMILES string of the molecule is CC(CC(=O)O)c1ccc(NC(=O)N(C)C)cc1. The number of rotatable bonds is 4. The van der Waals surface area contributed by atoms with Crippen LogP contribution in [-0.2, 0) is 4.79 Å². The molecule has 1 rings (SSSR count). The van der Waals surface area contributed by atoms with Crippen LogP contribution in [0.25, 0.3) is 0 Å². The van der Waals surface area contributed by atoms with E-state index >= 15 is 0 Å². The summed E-state index contributed by atoms with van der Waals surface area (Å²) < 4.78 is 0. The lowest BCUT2D eigenvalue weighted by Crippen LogP contribution is -2.27. The van der Waals surface area contributed by atoms with Crippen molar-refractivity contribution in [3.05, 3.63) is 29.8 Å². The molecule has 0 fully saturated rings. The zero-order chi connectivity index (χ0) is 13.7. The largest absolute Gasteiger partial charge is 0.481 e. The van der Waals surface area contributed by atoms with E-state index in [1.807, 2.05) is 19.1 Å². The maximum atomic E-state index is 11.4. The number of carboxylic acids is 1. The quantitative estimate of drug-likeness (QED) is 0.861.